The van der Waals surface area contributed by atoms with Crippen molar-refractivity contribution in [2.75, 3.05) is 25.0 Å². The highest BCUT2D eigenvalue weighted by Gasteiger charge is 2.17. The van der Waals surface area contributed by atoms with Gasteiger partial charge in [0.15, 0.2) is 11.5 Å². The van der Waals surface area contributed by atoms with Gasteiger partial charge in [-0.05, 0) is 35.7 Å². The number of anilines is 1. The van der Waals surface area contributed by atoms with E-state index in [0.29, 0.717) is 0 Å². The van der Waals surface area contributed by atoms with Crippen LogP contribution < -0.4 is 5.32 Å². The first kappa shape index (κ1) is 16.3. The van der Waals surface area contributed by atoms with Crippen LogP contribution in [0.1, 0.15) is 23.9 Å². The Bertz CT molecular complexity index is 890. The molecule has 0 bridgehead atoms. The molecule has 7 heteroatoms. The fourth-order valence-electron chi connectivity index (χ4n) is 3.30. The molecule has 6 nitrogen and oxygen atoms in total. The summed E-state index contributed by atoms with van der Waals surface area (Å²) in [5, 5.41) is 17.1. The molecule has 1 aliphatic rings. The Hall–Kier alpha value is -2.18. The molecule has 0 saturated heterocycles. The lowest BCUT2D eigenvalue weighted by Gasteiger charge is -2.29. The standard InChI is InChI=1S/C18H21ClN6/c1-2-17-21-22-18-7-6-16(23-25(17)18)20-9-11-24-10-8-14-13(12-24)4-3-5-15(14)19/h3-7H,2,8-12H2,1H3,(H,20,23). The average molecular weight is 357 g/mol. The van der Waals surface area contributed by atoms with Gasteiger partial charge in [0.05, 0.1) is 0 Å². The third kappa shape index (κ3) is 3.32. The van der Waals surface area contributed by atoms with Gasteiger partial charge in [-0.3, -0.25) is 4.90 Å². The Kier molecular flexibility index (Phi) is 4.55. The summed E-state index contributed by atoms with van der Waals surface area (Å²) in [6.07, 6.45) is 1.83. The first-order valence-corrected chi connectivity index (χ1v) is 9.06. The highest BCUT2D eigenvalue weighted by Crippen LogP contribution is 2.25. The monoisotopic (exact) mass is 356 g/mol. The number of aryl methyl sites for hydroxylation is 1. The minimum Gasteiger partial charge on any atom is -0.367 e. The van der Waals surface area contributed by atoms with Crippen molar-refractivity contribution < 1.29 is 0 Å². The van der Waals surface area contributed by atoms with Gasteiger partial charge in [-0.1, -0.05) is 30.7 Å². The van der Waals surface area contributed by atoms with Crippen LogP contribution in [0, 0.1) is 0 Å². The molecule has 0 saturated carbocycles. The highest BCUT2D eigenvalue weighted by atomic mass is 35.5. The van der Waals surface area contributed by atoms with Crippen molar-refractivity contribution in [3.63, 3.8) is 0 Å². The van der Waals surface area contributed by atoms with Crippen LogP contribution in [0.4, 0.5) is 5.82 Å². The van der Waals surface area contributed by atoms with Crippen LogP contribution in [0.15, 0.2) is 30.3 Å². The Morgan fingerprint density at radius 2 is 2.12 bits per heavy atom. The van der Waals surface area contributed by atoms with Crippen molar-refractivity contribution >= 4 is 23.1 Å². The van der Waals surface area contributed by atoms with Crippen molar-refractivity contribution in [1.82, 2.24) is 24.7 Å². The van der Waals surface area contributed by atoms with Gasteiger partial charge in [-0.25, -0.2) is 0 Å². The Balaban J connectivity index is 1.37. The minimum atomic E-state index is 0.784. The normalized spacial score (nSPS) is 14.6. The Labute approximate surface area is 151 Å². The van der Waals surface area contributed by atoms with Crippen LogP contribution in [0.3, 0.4) is 0 Å². The van der Waals surface area contributed by atoms with E-state index in [1.807, 2.05) is 28.8 Å². The molecule has 0 spiro atoms. The summed E-state index contributed by atoms with van der Waals surface area (Å²) in [6, 6.07) is 10.1. The van der Waals surface area contributed by atoms with Gasteiger partial charge in [0, 0.05) is 37.6 Å². The number of nitrogens with one attached hydrogen (secondary N) is 1. The van der Waals surface area contributed by atoms with Crippen LogP contribution in [0.25, 0.3) is 5.65 Å². The van der Waals surface area contributed by atoms with E-state index in [4.69, 9.17) is 11.6 Å². The quantitative estimate of drug-likeness (QED) is 0.761. The first-order valence-electron chi connectivity index (χ1n) is 8.68. The molecule has 0 amide bonds. The number of rotatable bonds is 5. The number of hydrogen-bond acceptors (Lipinski definition) is 5. The molecule has 2 aromatic heterocycles. The van der Waals surface area contributed by atoms with E-state index in [-0.39, 0.29) is 0 Å². The number of benzene rings is 1. The molecule has 3 heterocycles. The van der Waals surface area contributed by atoms with E-state index in [2.05, 4.69) is 38.5 Å². The zero-order valence-corrected chi connectivity index (χ0v) is 15.0. The number of halogens is 1. The lowest BCUT2D eigenvalue weighted by Crippen LogP contribution is -2.34. The molecule has 1 aromatic carbocycles. The smallest absolute Gasteiger partial charge is 0.178 e. The topological polar surface area (TPSA) is 58.4 Å². The first-order chi connectivity index (χ1) is 12.2. The van der Waals surface area contributed by atoms with Crippen molar-refractivity contribution in [3.05, 3.63) is 52.3 Å². The van der Waals surface area contributed by atoms with Gasteiger partial charge in [-0.2, -0.15) is 4.52 Å². The fourth-order valence-corrected chi connectivity index (χ4v) is 3.59. The van der Waals surface area contributed by atoms with Crippen LogP contribution in [0.2, 0.25) is 5.02 Å². The third-order valence-corrected chi connectivity index (χ3v) is 5.02. The summed E-state index contributed by atoms with van der Waals surface area (Å²) in [4.78, 5) is 2.44. The SMILES string of the molecule is CCc1nnc2ccc(NCCN3CCc4c(Cl)cccc4C3)nn12. The average Bonchev–Trinajstić information content (AvgIpc) is 3.04. The number of fused-ring (bicyclic) bond motifs is 2. The minimum absolute atomic E-state index is 0.784. The van der Waals surface area contributed by atoms with Crippen molar-refractivity contribution in [1.29, 1.82) is 0 Å². The molecular formula is C18H21ClN6. The second-order valence-corrected chi connectivity index (χ2v) is 6.70. The summed E-state index contributed by atoms with van der Waals surface area (Å²) in [5.74, 6) is 1.73. The second kappa shape index (κ2) is 6.98. The molecule has 0 aliphatic carbocycles. The lowest BCUT2D eigenvalue weighted by atomic mass is 10.00. The Morgan fingerprint density at radius 1 is 1.20 bits per heavy atom. The van der Waals surface area contributed by atoms with Gasteiger partial charge in [0.1, 0.15) is 5.82 Å². The Morgan fingerprint density at radius 3 is 3.00 bits per heavy atom. The third-order valence-electron chi connectivity index (χ3n) is 4.67. The van der Waals surface area contributed by atoms with Gasteiger partial charge < -0.3 is 5.32 Å². The zero-order chi connectivity index (χ0) is 17.2. The predicted molar refractivity (Wildman–Crippen MR) is 99.1 cm³/mol. The molecule has 0 radical (unpaired) electrons. The molecule has 1 aliphatic heterocycles. The maximum atomic E-state index is 6.29. The van der Waals surface area contributed by atoms with Crippen molar-refractivity contribution in [3.8, 4) is 0 Å². The summed E-state index contributed by atoms with van der Waals surface area (Å²) in [5.41, 5.74) is 3.43. The molecule has 3 aromatic rings. The lowest BCUT2D eigenvalue weighted by molar-refractivity contribution is 0.264. The van der Waals surface area contributed by atoms with Gasteiger partial charge in [-0.15, -0.1) is 15.3 Å². The molecule has 0 atom stereocenters. The molecular weight excluding hydrogens is 336 g/mol. The maximum Gasteiger partial charge on any atom is 0.178 e. The van der Waals surface area contributed by atoms with E-state index < -0.39 is 0 Å². The van der Waals surface area contributed by atoms with Crippen LogP contribution in [-0.4, -0.2) is 44.3 Å². The predicted octanol–water partition coefficient (Wildman–Crippen LogP) is 2.81. The van der Waals surface area contributed by atoms with E-state index in [0.717, 1.165) is 61.3 Å². The number of hydrogen-bond donors (Lipinski definition) is 1. The van der Waals surface area contributed by atoms with Gasteiger partial charge >= 0.3 is 0 Å². The fraction of sp³-hybridized carbons (Fsp3) is 0.389. The molecule has 25 heavy (non-hydrogen) atoms. The molecule has 0 unspecified atom stereocenters. The summed E-state index contributed by atoms with van der Waals surface area (Å²) >= 11 is 6.29. The largest absolute Gasteiger partial charge is 0.367 e. The number of aromatic nitrogens is 4. The van der Waals surface area contributed by atoms with Crippen LogP contribution in [-0.2, 0) is 19.4 Å². The molecule has 130 valence electrons. The summed E-state index contributed by atoms with van der Waals surface area (Å²) < 4.78 is 1.81. The zero-order valence-electron chi connectivity index (χ0n) is 14.2. The van der Waals surface area contributed by atoms with E-state index >= 15 is 0 Å². The maximum absolute atomic E-state index is 6.29. The second-order valence-electron chi connectivity index (χ2n) is 6.29. The van der Waals surface area contributed by atoms with Crippen molar-refractivity contribution in [2.45, 2.75) is 26.3 Å². The van der Waals surface area contributed by atoms with Crippen LogP contribution >= 0.6 is 11.6 Å². The number of nitrogens with zero attached hydrogens (tertiary/aromatic N) is 5. The van der Waals surface area contributed by atoms with E-state index in [1.165, 1.54) is 11.1 Å². The molecule has 0 fully saturated rings. The van der Waals surface area contributed by atoms with Crippen molar-refractivity contribution in [2.24, 2.45) is 0 Å². The van der Waals surface area contributed by atoms with E-state index in [1.54, 1.807) is 0 Å². The molecule has 4 rings (SSSR count). The summed E-state index contributed by atoms with van der Waals surface area (Å²) in [7, 11) is 0. The molecule has 1 N–H and O–H groups in total. The van der Waals surface area contributed by atoms with E-state index in [9.17, 15) is 0 Å². The van der Waals surface area contributed by atoms with Crippen LogP contribution in [0.5, 0.6) is 0 Å². The van der Waals surface area contributed by atoms with Gasteiger partial charge in [0.25, 0.3) is 0 Å². The summed E-state index contributed by atoms with van der Waals surface area (Å²) in [6.45, 7) is 5.86. The highest BCUT2D eigenvalue weighted by molar-refractivity contribution is 6.31. The van der Waals surface area contributed by atoms with Gasteiger partial charge in [0.2, 0.25) is 0 Å².